The van der Waals surface area contributed by atoms with Gasteiger partial charge in [-0.15, -0.1) is 0 Å². The summed E-state index contributed by atoms with van der Waals surface area (Å²) in [5, 5.41) is 2.80. The minimum atomic E-state index is -0.413. The van der Waals surface area contributed by atoms with Crippen LogP contribution in [0.5, 0.6) is 5.75 Å². The van der Waals surface area contributed by atoms with Crippen LogP contribution in [-0.2, 0) is 6.54 Å². The van der Waals surface area contributed by atoms with Gasteiger partial charge in [0.1, 0.15) is 11.6 Å². The normalized spacial score (nSPS) is 16.3. The summed E-state index contributed by atoms with van der Waals surface area (Å²) >= 11 is 0. The summed E-state index contributed by atoms with van der Waals surface area (Å²) in [6, 6.07) is 16.8. The van der Waals surface area contributed by atoms with Crippen LogP contribution in [0.4, 0.5) is 16.4 Å². The second-order valence-corrected chi connectivity index (χ2v) is 9.40. The molecule has 0 aliphatic carbocycles. The maximum atomic E-state index is 12.7. The lowest BCUT2D eigenvalue weighted by atomic mass is 10.1. The predicted octanol–water partition coefficient (Wildman–Crippen LogP) is 4.04. The molecule has 4 heterocycles. The number of carbonyl (C=O) groups excluding carboxylic acids is 2. The number of hydrogen-bond acceptors (Lipinski definition) is 7. The Kier molecular flexibility index (Phi) is 7.90. The number of hydrogen-bond donors (Lipinski definition) is 1. The minimum Gasteiger partial charge on any atom is -0.409 e. The summed E-state index contributed by atoms with van der Waals surface area (Å²) in [6.07, 6.45) is 6.63. The Labute approximate surface area is 217 Å². The number of benzene rings is 1. The van der Waals surface area contributed by atoms with E-state index in [1.54, 1.807) is 23.2 Å². The highest BCUT2D eigenvalue weighted by molar-refractivity contribution is 6.03. The highest BCUT2D eigenvalue weighted by Gasteiger charge is 2.23. The van der Waals surface area contributed by atoms with Crippen molar-refractivity contribution in [1.29, 1.82) is 0 Å². The fraction of sp³-hybridized carbons (Fsp3) is 0.357. The number of nitrogens with zero attached hydrogens (tertiary/aromatic N) is 5. The number of pyridine rings is 2. The van der Waals surface area contributed by atoms with Crippen LogP contribution in [0.3, 0.4) is 0 Å². The van der Waals surface area contributed by atoms with Crippen LogP contribution in [0.1, 0.15) is 35.2 Å². The smallest absolute Gasteiger partial charge is 0.409 e. The van der Waals surface area contributed by atoms with Crippen molar-refractivity contribution in [1.82, 2.24) is 19.8 Å². The summed E-state index contributed by atoms with van der Waals surface area (Å²) in [7, 11) is 0. The quantitative estimate of drug-likeness (QED) is 0.546. The topological polar surface area (TPSA) is 90.9 Å². The molecule has 0 bridgehead atoms. The molecule has 1 N–H and O–H groups in total. The van der Waals surface area contributed by atoms with Gasteiger partial charge in [0.25, 0.3) is 5.91 Å². The number of ether oxygens (including phenoxy) is 1. The summed E-state index contributed by atoms with van der Waals surface area (Å²) in [5.74, 6) is 1.40. The third-order valence-corrected chi connectivity index (χ3v) is 6.77. The van der Waals surface area contributed by atoms with Crippen molar-refractivity contribution in [2.75, 3.05) is 49.5 Å². The van der Waals surface area contributed by atoms with Crippen LogP contribution >= 0.6 is 0 Å². The van der Waals surface area contributed by atoms with Crippen LogP contribution in [0.15, 0.2) is 67.0 Å². The van der Waals surface area contributed by atoms with Crippen molar-refractivity contribution in [3.8, 4) is 5.75 Å². The van der Waals surface area contributed by atoms with E-state index >= 15 is 0 Å². The fourth-order valence-electron chi connectivity index (χ4n) is 4.66. The number of anilines is 2. The zero-order chi connectivity index (χ0) is 25.5. The van der Waals surface area contributed by atoms with Gasteiger partial charge in [-0.2, -0.15) is 0 Å². The molecule has 3 aromatic rings. The summed E-state index contributed by atoms with van der Waals surface area (Å²) < 4.78 is 5.49. The van der Waals surface area contributed by atoms with Gasteiger partial charge < -0.3 is 19.9 Å². The molecule has 192 valence electrons. The van der Waals surface area contributed by atoms with Crippen LogP contribution in [0.2, 0.25) is 0 Å². The van der Waals surface area contributed by atoms with Crippen molar-refractivity contribution in [3.63, 3.8) is 0 Å². The van der Waals surface area contributed by atoms with Crippen molar-refractivity contribution in [3.05, 3.63) is 78.1 Å². The maximum absolute atomic E-state index is 12.7. The summed E-state index contributed by atoms with van der Waals surface area (Å²) in [6.45, 7) is 5.68. The third-order valence-electron chi connectivity index (χ3n) is 6.77. The molecule has 2 amide bonds. The van der Waals surface area contributed by atoms with Gasteiger partial charge in [-0.1, -0.05) is 24.6 Å². The van der Waals surface area contributed by atoms with Crippen molar-refractivity contribution < 1.29 is 14.3 Å². The molecule has 2 aliphatic rings. The van der Waals surface area contributed by atoms with Crippen LogP contribution in [0, 0.1) is 0 Å². The first kappa shape index (κ1) is 24.7. The maximum Gasteiger partial charge on any atom is 0.415 e. The SMILES string of the molecule is O=C(Nc1ccc(OC(=O)N2CCN(c3ccccn3)CC2)cn1)c1ccc(CN2CCCCC2)cc1. The monoisotopic (exact) mass is 500 g/mol. The van der Waals surface area contributed by atoms with E-state index in [0.717, 1.165) is 25.5 Å². The lowest BCUT2D eigenvalue weighted by Gasteiger charge is -2.34. The fourth-order valence-corrected chi connectivity index (χ4v) is 4.66. The standard InChI is InChI=1S/C28H32N6O3/c35-27(23-9-7-22(8-10-23)21-32-14-4-1-5-15-32)31-25-12-11-24(20-30-25)37-28(36)34-18-16-33(17-19-34)26-6-2-3-13-29-26/h2-3,6-13,20H,1,4-5,14-19,21H2,(H,30,31,35). The van der Waals surface area contributed by atoms with Gasteiger partial charge in [0.15, 0.2) is 5.75 Å². The Balaban J connectivity index is 1.08. The Morgan fingerprint density at radius 3 is 2.30 bits per heavy atom. The first-order valence-electron chi connectivity index (χ1n) is 12.9. The van der Waals surface area contributed by atoms with Gasteiger partial charge in [-0.05, 0) is 67.9 Å². The number of piperazine rings is 1. The molecule has 9 nitrogen and oxygen atoms in total. The van der Waals surface area contributed by atoms with Gasteiger partial charge in [0, 0.05) is 44.5 Å². The second kappa shape index (κ2) is 11.8. The molecule has 0 unspecified atom stereocenters. The average molecular weight is 501 g/mol. The van der Waals surface area contributed by atoms with E-state index in [4.69, 9.17) is 4.74 Å². The van der Waals surface area contributed by atoms with Crippen LogP contribution in [0.25, 0.3) is 0 Å². The first-order chi connectivity index (χ1) is 18.1. The molecular formula is C28H32N6O3. The van der Waals surface area contributed by atoms with E-state index in [0.29, 0.717) is 43.3 Å². The molecular weight excluding hydrogens is 468 g/mol. The number of piperidine rings is 1. The van der Waals surface area contributed by atoms with Gasteiger partial charge in [0.05, 0.1) is 6.20 Å². The average Bonchev–Trinajstić information content (AvgIpc) is 2.95. The first-order valence-corrected chi connectivity index (χ1v) is 12.9. The third kappa shape index (κ3) is 6.62. The molecule has 0 saturated carbocycles. The van der Waals surface area contributed by atoms with Crippen LogP contribution < -0.4 is 15.0 Å². The molecule has 9 heteroatoms. The molecule has 1 aromatic carbocycles. The Morgan fingerprint density at radius 2 is 1.62 bits per heavy atom. The van der Waals surface area contributed by atoms with E-state index < -0.39 is 6.09 Å². The minimum absolute atomic E-state index is 0.229. The van der Waals surface area contributed by atoms with Gasteiger partial charge in [-0.25, -0.2) is 14.8 Å². The lowest BCUT2D eigenvalue weighted by molar-refractivity contribution is 0.102. The molecule has 0 spiro atoms. The zero-order valence-corrected chi connectivity index (χ0v) is 20.9. The number of rotatable bonds is 6. The van der Waals surface area contributed by atoms with Crippen molar-refractivity contribution in [2.24, 2.45) is 0 Å². The van der Waals surface area contributed by atoms with Gasteiger partial charge in [-0.3, -0.25) is 9.69 Å². The highest BCUT2D eigenvalue weighted by Crippen LogP contribution is 2.18. The van der Waals surface area contributed by atoms with E-state index in [-0.39, 0.29) is 5.91 Å². The Hall–Kier alpha value is -3.98. The number of likely N-dealkylation sites (tertiary alicyclic amines) is 1. The number of carbonyl (C=O) groups is 2. The van der Waals surface area contributed by atoms with Crippen molar-refractivity contribution in [2.45, 2.75) is 25.8 Å². The molecule has 2 saturated heterocycles. The zero-order valence-electron chi connectivity index (χ0n) is 20.9. The van der Waals surface area contributed by atoms with E-state index in [1.807, 2.05) is 42.5 Å². The molecule has 2 aliphatic heterocycles. The molecule has 0 radical (unpaired) electrons. The van der Waals surface area contributed by atoms with E-state index in [9.17, 15) is 9.59 Å². The summed E-state index contributed by atoms with van der Waals surface area (Å²) in [5.41, 5.74) is 1.78. The predicted molar refractivity (Wildman–Crippen MR) is 142 cm³/mol. The Morgan fingerprint density at radius 1 is 0.838 bits per heavy atom. The molecule has 37 heavy (non-hydrogen) atoms. The van der Waals surface area contributed by atoms with Crippen LogP contribution in [-0.4, -0.2) is 71.0 Å². The lowest BCUT2D eigenvalue weighted by Crippen LogP contribution is -2.49. The van der Waals surface area contributed by atoms with Gasteiger partial charge >= 0.3 is 6.09 Å². The molecule has 2 fully saturated rings. The second-order valence-electron chi connectivity index (χ2n) is 9.40. The van der Waals surface area contributed by atoms with E-state index in [1.165, 1.54) is 31.0 Å². The molecule has 0 atom stereocenters. The van der Waals surface area contributed by atoms with Crippen molar-refractivity contribution >= 4 is 23.6 Å². The highest BCUT2D eigenvalue weighted by atomic mass is 16.6. The molecule has 5 rings (SSSR count). The van der Waals surface area contributed by atoms with Gasteiger partial charge in [0.2, 0.25) is 0 Å². The number of amides is 2. The number of aromatic nitrogens is 2. The Bertz CT molecular complexity index is 1170. The molecule has 2 aromatic heterocycles. The van der Waals surface area contributed by atoms with E-state index in [2.05, 4.69) is 25.1 Å². The largest absolute Gasteiger partial charge is 0.415 e. The summed E-state index contributed by atoms with van der Waals surface area (Å²) in [4.78, 5) is 40.1. The number of nitrogens with one attached hydrogen (secondary N) is 1.